The van der Waals surface area contributed by atoms with Gasteiger partial charge >= 0.3 is 5.69 Å². The van der Waals surface area contributed by atoms with Crippen LogP contribution in [0.15, 0.2) is 20.9 Å². The lowest BCUT2D eigenvalue weighted by molar-refractivity contribution is -0.0274. The smallest absolute Gasteiger partial charge is 0.330 e. The number of ether oxygens (including phenoxy) is 1. The van der Waals surface area contributed by atoms with E-state index < -0.39 is 29.6 Å². The Morgan fingerprint density at radius 1 is 1.68 bits per heavy atom. The molecular formula is C10H14N5O4+. The number of aromatic nitrogens is 2. The SMILES string of the molecule is Cc1cn([C@H]2C[C@@H](N=[N+]=N)[C@@H](CO)O2)c(=O)[nH]c1=O. The Bertz CT molecular complexity index is 630. The average molecular weight is 268 g/mol. The van der Waals surface area contributed by atoms with E-state index in [0.717, 1.165) is 0 Å². The summed E-state index contributed by atoms with van der Waals surface area (Å²) in [4.78, 5) is 28.1. The van der Waals surface area contributed by atoms with Crippen molar-refractivity contribution in [3.63, 3.8) is 0 Å². The Hall–Kier alpha value is -2.09. The van der Waals surface area contributed by atoms with E-state index in [2.05, 4.69) is 15.0 Å². The number of aliphatic hydroxyl groups is 1. The molecule has 1 saturated heterocycles. The van der Waals surface area contributed by atoms with Gasteiger partial charge in [-0.25, -0.2) is 4.79 Å². The molecule has 1 aliphatic rings. The molecule has 0 unspecified atom stereocenters. The maximum Gasteiger partial charge on any atom is 0.330 e. The second kappa shape index (κ2) is 5.27. The van der Waals surface area contributed by atoms with Crippen molar-refractivity contribution in [2.24, 2.45) is 5.11 Å². The van der Waals surface area contributed by atoms with E-state index in [0.29, 0.717) is 12.0 Å². The number of aliphatic hydroxyl groups excluding tert-OH is 1. The first-order valence-electron chi connectivity index (χ1n) is 5.71. The summed E-state index contributed by atoms with van der Waals surface area (Å²) in [5, 5.41) is 12.8. The third kappa shape index (κ3) is 2.53. The minimum Gasteiger partial charge on any atom is -0.394 e. The number of nitrogens with one attached hydrogen (secondary N) is 2. The van der Waals surface area contributed by atoms with Crippen LogP contribution in [-0.2, 0) is 4.74 Å². The molecule has 1 aromatic rings. The van der Waals surface area contributed by atoms with Crippen LogP contribution >= 0.6 is 0 Å². The van der Waals surface area contributed by atoms with Crippen molar-refractivity contribution < 1.29 is 9.84 Å². The van der Waals surface area contributed by atoms with Crippen molar-refractivity contribution in [2.45, 2.75) is 31.7 Å². The van der Waals surface area contributed by atoms with Crippen LogP contribution in [0.1, 0.15) is 18.2 Å². The molecule has 9 heteroatoms. The number of aryl methyl sites for hydroxylation is 1. The van der Waals surface area contributed by atoms with Crippen molar-refractivity contribution in [3.05, 3.63) is 32.6 Å². The molecule has 0 bridgehead atoms. The number of hydrogen-bond donors (Lipinski definition) is 3. The van der Waals surface area contributed by atoms with Gasteiger partial charge in [-0.15, -0.1) is 0 Å². The van der Waals surface area contributed by atoms with Gasteiger partial charge < -0.3 is 9.84 Å². The van der Waals surface area contributed by atoms with Crippen LogP contribution in [0, 0.1) is 12.5 Å². The fourth-order valence-electron chi connectivity index (χ4n) is 2.05. The lowest BCUT2D eigenvalue weighted by atomic mass is 10.1. The van der Waals surface area contributed by atoms with Gasteiger partial charge in [-0.3, -0.25) is 14.3 Å². The molecule has 0 radical (unpaired) electrons. The van der Waals surface area contributed by atoms with Gasteiger partial charge in [0, 0.05) is 18.2 Å². The van der Waals surface area contributed by atoms with Crippen LogP contribution in [0.3, 0.4) is 0 Å². The zero-order valence-corrected chi connectivity index (χ0v) is 10.2. The lowest BCUT2D eigenvalue weighted by Gasteiger charge is -2.14. The molecule has 1 fully saturated rings. The van der Waals surface area contributed by atoms with E-state index in [9.17, 15) is 9.59 Å². The second-order valence-electron chi connectivity index (χ2n) is 4.31. The molecule has 2 rings (SSSR count). The van der Waals surface area contributed by atoms with Gasteiger partial charge in [0.05, 0.1) is 6.61 Å². The molecule has 1 aliphatic heterocycles. The van der Waals surface area contributed by atoms with Gasteiger partial charge in [0.1, 0.15) is 23.0 Å². The predicted molar refractivity (Wildman–Crippen MR) is 62.7 cm³/mol. The number of hydrogen-bond acceptors (Lipinski definition) is 6. The maximum atomic E-state index is 11.7. The first-order chi connectivity index (χ1) is 9.06. The summed E-state index contributed by atoms with van der Waals surface area (Å²) in [5.74, 6) is 0. The van der Waals surface area contributed by atoms with E-state index in [1.54, 1.807) is 6.92 Å². The molecule has 3 atom stereocenters. The standard InChI is InChI=1S/C10H13N5O4/c1-5-3-15(10(18)12-9(5)17)8-2-6(13-14-11)7(4-16)19-8/h3,6-8,11,16H,2,4H2,1H3/p+1/t6-,7-,8-/m1/s1. The molecule has 0 spiro atoms. The lowest BCUT2D eigenvalue weighted by Crippen LogP contribution is -2.33. The van der Waals surface area contributed by atoms with Gasteiger partial charge in [0.15, 0.2) is 6.04 Å². The molecular weight excluding hydrogens is 254 g/mol. The highest BCUT2D eigenvalue weighted by Gasteiger charge is 2.39. The number of aromatic amines is 1. The van der Waals surface area contributed by atoms with E-state index in [1.807, 2.05) is 0 Å². The van der Waals surface area contributed by atoms with Crippen molar-refractivity contribution >= 4 is 0 Å². The Morgan fingerprint density at radius 2 is 2.42 bits per heavy atom. The third-order valence-corrected chi connectivity index (χ3v) is 3.05. The quantitative estimate of drug-likeness (QED) is 0.480. The van der Waals surface area contributed by atoms with E-state index in [4.69, 9.17) is 15.4 Å². The molecule has 0 amide bonds. The van der Waals surface area contributed by atoms with Gasteiger partial charge in [0.2, 0.25) is 4.91 Å². The van der Waals surface area contributed by atoms with Gasteiger partial charge in [0.25, 0.3) is 5.56 Å². The van der Waals surface area contributed by atoms with Crippen LogP contribution in [0.2, 0.25) is 0 Å². The number of H-pyrrole nitrogens is 1. The minimum atomic E-state index is -0.643. The molecule has 3 N–H and O–H groups in total. The monoisotopic (exact) mass is 268 g/mol. The summed E-state index contributed by atoms with van der Waals surface area (Å²) in [6.45, 7) is 1.30. The Kier molecular flexibility index (Phi) is 3.70. The molecule has 9 nitrogen and oxygen atoms in total. The van der Waals surface area contributed by atoms with Crippen LogP contribution < -0.4 is 16.2 Å². The highest BCUT2D eigenvalue weighted by atomic mass is 16.5. The van der Waals surface area contributed by atoms with E-state index >= 15 is 0 Å². The van der Waals surface area contributed by atoms with Gasteiger partial charge in [-0.1, -0.05) is 0 Å². The van der Waals surface area contributed by atoms with Crippen molar-refractivity contribution in [1.82, 2.24) is 14.5 Å². The summed E-state index contributed by atoms with van der Waals surface area (Å²) < 4.78 is 6.74. The molecule has 1 aromatic heterocycles. The fourth-order valence-corrected chi connectivity index (χ4v) is 2.05. The Morgan fingerprint density at radius 3 is 3.05 bits per heavy atom. The van der Waals surface area contributed by atoms with Crippen molar-refractivity contribution in [2.75, 3.05) is 6.61 Å². The second-order valence-corrected chi connectivity index (χ2v) is 4.31. The first-order valence-corrected chi connectivity index (χ1v) is 5.71. The zero-order valence-electron chi connectivity index (χ0n) is 10.2. The number of rotatable bonds is 3. The molecule has 0 aliphatic carbocycles. The van der Waals surface area contributed by atoms with Crippen LogP contribution in [0.25, 0.3) is 0 Å². The summed E-state index contributed by atoms with van der Waals surface area (Å²) >= 11 is 0. The highest BCUT2D eigenvalue weighted by molar-refractivity contribution is 5.02. The molecule has 2 heterocycles. The average Bonchev–Trinajstić information content (AvgIpc) is 2.77. The molecule has 102 valence electrons. The summed E-state index contributed by atoms with van der Waals surface area (Å²) in [5.41, 5.74) is 6.07. The van der Waals surface area contributed by atoms with E-state index in [-0.39, 0.29) is 6.61 Å². The van der Waals surface area contributed by atoms with Crippen molar-refractivity contribution in [3.8, 4) is 0 Å². The van der Waals surface area contributed by atoms with Crippen LogP contribution in [0.5, 0.6) is 0 Å². The zero-order chi connectivity index (χ0) is 14.0. The Balaban J connectivity index is 2.34. The van der Waals surface area contributed by atoms with Crippen molar-refractivity contribution in [1.29, 1.82) is 5.53 Å². The fraction of sp³-hybridized carbons (Fsp3) is 0.600. The van der Waals surface area contributed by atoms with E-state index in [1.165, 1.54) is 10.8 Å². The topological polar surface area (TPSA) is 135 Å². The molecule has 19 heavy (non-hydrogen) atoms. The van der Waals surface area contributed by atoms with Crippen LogP contribution in [0.4, 0.5) is 0 Å². The summed E-state index contributed by atoms with van der Waals surface area (Å²) in [7, 11) is 0. The first kappa shape index (κ1) is 13.3. The summed E-state index contributed by atoms with van der Waals surface area (Å²) in [6, 6.07) is -0.480. The van der Waals surface area contributed by atoms with Gasteiger partial charge in [-0.05, 0) is 6.92 Å². The third-order valence-electron chi connectivity index (χ3n) is 3.05. The highest BCUT2D eigenvalue weighted by Crippen LogP contribution is 2.29. The normalized spacial score (nSPS) is 26.1. The largest absolute Gasteiger partial charge is 0.394 e. The molecule has 0 saturated carbocycles. The van der Waals surface area contributed by atoms with Crippen LogP contribution in [-0.4, -0.2) is 33.4 Å². The Labute approximate surface area is 107 Å². The predicted octanol–water partition coefficient (Wildman–Crippen LogP) is -0.956. The minimum absolute atomic E-state index is 0.280. The summed E-state index contributed by atoms with van der Waals surface area (Å²) in [6.07, 6.45) is 0.452. The van der Waals surface area contributed by atoms with Gasteiger partial charge in [-0.2, -0.15) is 0 Å². The maximum absolute atomic E-state index is 11.7. The number of nitrogens with zero attached hydrogens (tertiary/aromatic N) is 3. The molecule has 0 aromatic carbocycles.